The van der Waals surface area contributed by atoms with Gasteiger partial charge in [-0.05, 0) is 48.9 Å². The van der Waals surface area contributed by atoms with Crippen LogP contribution in [-0.4, -0.2) is 51.0 Å². The molecular weight excluding hydrogens is 250 g/mol. The molecule has 4 fully saturated rings. The molecule has 0 unspecified atom stereocenters. The van der Waals surface area contributed by atoms with Gasteiger partial charge in [0.2, 0.25) is 0 Å². The summed E-state index contributed by atoms with van der Waals surface area (Å²) in [5, 5.41) is 0. The maximum atomic E-state index is 5.89. The van der Waals surface area contributed by atoms with Crippen molar-refractivity contribution in [1.82, 2.24) is 4.90 Å². The number of hydrogen-bond acceptors (Lipinski definition) is 3. The molecule has 1 saturated heterocycles. The Morgan fingerprint density at radius 2 is 1.95 bits per heavy atom. The molecule has 1 aliphatic heterocycles. The van der Waals surface area contributed by atoms with Gasteiger partial charge in [-0.3, -0.25) is 4.90 Å². The summed E-state index contributed by atoms with van der Waals surface area (Å²) in [6.45, 7) is 11.8. The van der Waals surface area contributed by atoms with E-state index in [2.05, 4.69) is 18.7 Å². The molecule has 20 heavy (non-hydrogen) atoms. The van der Waals surface area contributed by atoms with Crippen molar-refractivity contribution in [2.24, 2.45) is 23.2 Å². The minimum Gasteiger partial charge on any atom is -0.380 e. The fourth-order valence-electron chi connectivity index (χ4n) is 4.66. The average Bonchev–Trinajstić information content (AvgIpc) is 2.48. The molecule has 3 saturated carbocycles. The van der Waals surface area contributed by atoms with Crippen LogP contribution in [-0.2, 0) is 9.47 Å². The molecule has 0 radical (unpaired) electrons. The molecule has 3 heteroatoms. The Kier molecular flexibility index (Phi) is 4.68. The van der Waals surface area contributed by atoms with E-state index in [1.165, 1.54) is 25.7 Å². The Balaban J connectivity index is 1.28. The van der Waals surface area contributed by atoms with Crippen molar-refractivity contribution in [1.29, 1.82) is 0 Å². The molecule has 0 aromatic rings. The normalized spacial score (nSPS) is 36.6. The van der Waals surface area contributed by atoms with Gasteiger partial charge in [0, 0.05) is 26.2 Å². The third kappa shape index (κ3) is 3.05. The first-order valence-corrected chi connectivity index (χ1v) is 8.56. The van der Waals surface area contributed by atoms with Crippen LogP contribution in [0.2, 0.25) is 0 Å². The molecule has 3 nitrogen and oxygen atoms in total. The van der Waals surface area contributed by atoms with Crippen LogP contribution in [0.25, 0.3) is 0 Å². The highest BCUT2D eigenvalue weighted by molar-refractivity contribution is 5.03. The Hall–Kier alpha value is -0.120. The van der Waals surface area contributed by atoms with E-state index in [1.54, 1.807) is 0 Å². The van der Waals surface area contributed by atoms with Gasteiger partial charge in [-0.15, -0.1) is 0 Å². The minimum atomic E-state index is 0.622. The maximum absolute atomic E-state index is 5.89. The topological polar surface area (TPSA) is 21.7 Å². The van der Waals surface area contributed by atoms with Crippen LogP contribution >= 0.6 is 0 Å². The third-order valence-corrected chi connectivity index (χ3v) is 6.29. The van der Waals surface area contributed by atoms with Gasteiger partial charge in [-0.1, -0.05) is 13.8 Å². The van der Waals surface area contributed by atoms with Crippen LogP contribution in [0.5, 0.6) is 0 Å². The van der Waals surface area contributed by atoms with Crippen molar-refractivity contribution in [3.05, 3.63) is 0 Å². The fourth-order valence-corrected chi connectivity index (χ4v) is 4.66. The molecule has 3 aliphatic carbocycles. The first-order valence-electron chi connectivity index (χ1n) is 8.56. The molecule has 1 heterocycles. The van der Waals surface area contributed by atoms with Crippen LogP contribution in [0.3, 0.4) is 0 Å². The quantitative estimate of drug-likeness (QED) is 0.699. The van der Waals surface area contributed by atoms with Crippen molar-refractivity contribution in [3.8, 4) is 0 Å². The zero-order valence-electron chi connectivity index (χ0n) is 13.3. The van der Waals surface area contributed by atoms with Crippen molar-refractivity contribution < 1.29 is 9.47 Å². The van der Waals surface area contributed by atoms with E-state index in [4.69, 9.17) is 9.47 Å². The minimum absolute atomic E-state index is 0.622. The fraction of sp³-hybridized carbons (Fsp3) is 1.00. The van der Waals surface area contributed by atoms with Gasteiger partial charge in [0.15, 0.2) is 0 Å². The molecule has 0 N–H and O–H groups in total. The van der Waals surface area contributed by atoms with Crippen LogP contribution in [0.15, 0.2) is 0 Å². The Labute approximate surface area is 124 Å². The summed E-state index contributed by atoms with van der Waals surface area (Å²) < 4.78 is 11.3. The van der Waals surface area contributed by atoms with E-state index in [0.29, 0.717) is 5.41 Å². The predicted octanol–water partition coefficient (Wildman–Crippen LogP) is 2.80. The molecular formula is C17H31NO2. The lowest BCUT2D eigenvalue weighted by molar-refractivity contribution is -0.111. The summed E-state index contributed by atoms with van der Waals surface area (Å²) in [4.78, 5) is 2.45. The molecule has 2 bridgehead atoms. The molecule has 0 aromatic carbocycles. The number of morpholine rings is 1. The molecule has 3 atom stereocenters. The van der Waals surface area contributed by atoms with Crippen molar-refractivity contribution in [3.63, 3.8) is 0 Å². The maximum Gasteiger partial charge on any atom is 0.0594 e. The van der Waals surface area contributed by atoms with Gasteiger partial charge in [-0.2, -0.15) is 0 Å². The average molecular weight is 281 g/mol. The summed E-state index contributed by atoms with van der Waals surface area (Å²) in [7, 11) is 0. The monoisotopic (exact) mass is 281 g/mol. The van der Waals surface area contributed by atoms with Crippen molar-refractivity contribution in [2.45, 2.75) is 39.5 Å². The summed E-state index contributed by atoms with van der Waals surface area (Å²) >= 11 is 0. The third-order valence-electron chi connectivity index (χ3n) is 6.29. The van der Waals surface area contributed by atoms with Gasteiger partial charge >= 0.3 is 0 Å². The Morgan fingerprint density at radius 3 is 2.65 bits per heavy atom. The number of rotatable bonds is 6. The number of ether oxygens (including phenoxy) is 2. The van der Waals surface area contributed by atoms with Crippen molar-refractivity contribution in [2.75, 3.05) is 46.1 Å². The number of fused-ring (bicyclic) bond motifs is 2. The van der Waals surface area contributed by atoms with Gasteiger partial charge < -0.3 is 9.47 Å². The highest BCUT2D eigenvalue weighted by Crippen LogP contribution is 2.61. The zero-order chi connectivity index (χ0) is 14.0. The number of nitrogens with zero attached hydrogens (tertiary/aromatic N) is 1. The van der Waals surface area contributed by atoms with E-state index < -0.39 is 0 Å². The van der Waals surface area contributed by atoms with Gasteiger partial charge in [0.05, 0.1) is 19.8 Å². The largest absolute Gasteiger partial charge is 0.380 e. The van der Waals surface area contributed by atoms with E-state index in [9.17, 15) is 0 Å². The van der Waals surface area contributed by atoms with Gasteiger partial charge in [0.1, 0.15) is 0 Å². The second kappa shape index (κ2) is 6.33. The highest BCUT2D eigenvalue weighted by atomic mass is 16.5. The van der Waals surface area contributed by atoms with Crippen LogP contribution in [0.1, 0.15) is 39.5 Å². The summed E-state index contributed by atoms with van der Waals surface area (Å²) in [6.07, 6.45) is 5.68. The SMILES string of the molecule is CC1(C)[C@H]2CC[C@H](CCOCCN3CCOCC3)[C@@H]1C2. The predicted molar refractivity (Wildman–Crippen MR) is 80.8 cm³/mol. The van der Waals surface area contributed by atoms with Crippen LogP contribution in [0.4, 0.5) is 0 Å². The van der Waals surface area contributed by atoms with Gasteiger partial charge in [-0.25, -0.2) is 0 Å². The van der Waals surface area contributed by atoms with Crippen LogP contribution < -0.4 is 0 Å². The van der Waals surface area contributed by atoms with Crippen molar-refractivity contribution >= 4 is 0 Å². The van der Waals surface area contributed by atoms with E-state index >= 15 is 0 Å². The second-order valence-electron chi connectivity index (χ2n) is 7.55. The Morgan fingerprint density at radius 1 is 1.15 bits per heavy atom. The summed E-state index contributed by atoms with van der Waals surface area (Å²) in [6, 6.07) is 0. The molecule has 116 valence electrons. The number of hydrogen-bond donors (Lipinski definition) is 0. The first-order chi connectivity index (χ1) is 9.68. The van der Waals surface area contributed by atoms with Crippen LogP contribution in [0, 0.1) is 23.2 Å². The first kappa shape index (κ1) is 14.8. The molecule has 4 rings (SSSR count). The van der Waals surface area contributed by atoms with E-state index in [-0.39, 0.29) is 0 Å². The summed E-state index contributed by atoms with van der Waals surface area (Å²) in [5.41, 5.74) is 0.622. The van der Waals surface area contributed by atoms with E-state index in [1.807, 2.05) is 0 Å². The highest BCUT2D eigenvalue weighted by Gasteiger charge is 2.53. The lowest BCUT2D eigenvalue weighted by Gasteiger charge is -2.60. The second-order valence-corrected chi connectivity index (χ2v) is 7.55. The van der Waals surface area contributed by atoms with Gasteiger partial charge in [0.25, 0.3) is 0 Å². The molecule has 0 aromatic heterocycles. The smallest absolute Gasteiger partial charge is 0.0594 e. The molecule has 4 aliphatic rings. The lowest BCUT2D eigenvalue weighted by atomic mass is 9.45. The Bertz CT molecular complexity index is 310. The zero-order valence-corrected chi connectivity index (χ0v) is 13.3. The summed E-state index contributed by atoms with van der Waals surface area (Å²) in [5.74, 6) is 2.92. The molecule has 0 spiro atoms. The van der Waals surface area contributed by atoms with E-state index in [0.717, 1.165) is 63.8 Å². The lowest BCUT2D eigenvalue weighted by Crippen LogP contribution is -2.52. The molecule has 0 amide bonds. The standard InChI is InChI=1S/C17H31NO2/c1-17(2)15-4-3-14(16(17)13-15)5-9-19-10-6-18-7-11-20-12-8-18/h14-16H,3-13H2,1-2H3/t14-,15+,16+/m1/s1.